The van der Waals surface area contributed by atoms with Gasteiger partial charge in [0.1, 0.15) is 11.5 Å². The van der Waals surface area contributed by atoms with Crippen LogP contribution in [0.3, 0.4) is 0 Å². The Kier molecular flexibility index (Phi) is 6.29. The largest absolute Gasteiger partial charge is 0.507 e. The molecule has 1 aliphatic heterocycles. The monoisotopic (exact) mass is 396 g/mol. The minimum Gasteiger partial charge on any atom is -0.507 e. The Morgan fingerprint density at radius 2 is 2.07 bits per heavy atom. The molecule has 0 spiro atoms. The highest BCUT2D eigenvalue weighted by Gasteiger charge is 2.46. The maximum Gasteiger partial charge on any atom is 0.295 e. The number of hydrogen-bond donors (Lipinski definition) is 1. The van der Waals surface area contributed by atoms with Crippen molar-refractivity contribution in [2.75, 3.05) is 26.9 Å². The molecule has 1 saturated heterocycles. The average molecular weight is 396 g/mol. The Bertz CT molecular complexity index is 939. The summed E-state index contributed by atoms with van der Waals surface area (Å²) in [6.07, 6.45) is 3.20. The van der Waals surface area contributed by atoms with Gasteiger partial charge in [0.2, 0.25) is 0 Å². The van der Waals surface area contributed by atoms with Crippen molar-refractivity contribution < 1.29 is 24.2 Å². The van der Waals surface area contributed by atoms with Gasteiger partial charge in [-0.25, -0.2) is 0 Å². The van der Waals surface area contributed by atoms with E-state index < -0.39 is 17.7 Å². The molecule has 0 aliphatic carbocycles. The van der Waals surface area contributed by atoms with Gasteiger partial charge in [-0.15, -0.1) is 0 Å². The third-order valence-electron chi connectivity index (χ3n) is 4.82. The van der Waals surface area contributed by atoms with Gasteiger partial charge in [-0.1, -0.05) is 6.07 Å². The number of carbonyl (C=O) groups is 2. The van der Waals surface area contributed by atoms with Crippen LogP contribution < -0.4 is 4.74 Å². The third-order valence-corrected chi connectivity index (χ3v) is 4.82. The number of rotatable bonds is 7. The summed E-state index contributed by atoms with van der Waals surface area (Å²) in [4.78, 5) is 31.0. The van der Waals surface area contributed by atoms with Crippen LogP contribution in [-0.4, -0.2) is 53.5 Å². The van der Waals surface area contributed by atoms with Crippen LogP contribution in [0, 0.1) is 6.92 Å². The van der Waals surface area contributed by atoms with Crippen molar-refractivity contribution in [1.82, 2.24) is 9.88 Å². The molecule has 1 aromatic heterocycles. The van der Waals surface area contributed by atoms with Gasteiger partial charge in [-0.2, -0.15) is 0 Å². The van der Waals surface area contributed by atoms with Gasteiger partial charge < -0.3 is 19.5 Å². The zero-order valence-electron chi connectivity index (χ0n) is 16.7. The predicted molar refractivity (Wildman–Crippen MR) is 107 cm³/mol. The molecule has 0 saturated carbocycles. The van der Waals surface area contributed by atoms with Crippen molar-refractivity contribution in [2.45, 2.75) is 19.9 Å². The third kappa shape index (κ3) is 4.00. The first-order valence-corrected chi connectivity index (χ1v) is 9.40. The number of ketones is 1. The van der Waals surface area contributed by atoms with Crippen molar-refractivity contribution in [1.29, 1.82) is 0 Å². The van der Waals surface area contributed by atoms with Crippen LogP contribution in [0.15, 0.2) is 48.3 Å². The van der Waals surface area contributed by atoms with E-state index in [1.807, 2.05) is 13.8 Å². The van der Waals surface area contributed by atoms with Gasteiger partial charge in [0, 0.05) is 31.6 Å². The van der Waals surface area contributed by atoms with Crippen LogP contribution >= 0.6 is 0 Å². The number of likely N-dealkylation sites (tertiary alicyclic amines) is 1. The zero-order chi connectivity index (χ0) is 21.0. The first-order chi connectivity index (χ1) is 14.0. The molecule has 2 aromatic rings. The number of nitrogens with zero attached hydrogens (tertiary/aromatic N) is 2. The first kappa shape index (κ1) is 20.5. The Morgan fingerprint density at radius 3 is 2.69 bits per heavy atom. The Balaban J connectivity index is 2.12. The fourth-order valence-corrected chi connectivity index (χ4v) is 3.45. The number of aliphatic hydroxyl groups excluding tert-OH is 1. The molecule has 1 aliphatic rings. The second kappa shape index (κ2) is 8.87. The Morgan fingerprint density at radius 1 is 1.28 bits per heavy atom. The number of benzene rings is 1. The molecule has 7 heteroatoms. The van der Waals surface area contributed by atoms with Crippen molar-refractivity contribution in [2.24, 2.45) is 0 Å². The summed E-state index contributed by atoms with van der Waals surface area (Å²) in [7, 11) is 1.53. The van der Waals surface area contributed by atoms with Crippen LogP contribution in [0.25, 0.3) is 5.76 Å². The summed E-state index contributed by atoms with van der Waals surface area (Å²) in [5.41, 5.74) is 1.96. The highest BCUT2D eigenvalue weighted by Crippen LogP contribution is 2.39. The van der Waals surface area contributed by atoms with Crippen LogP contribution in [0.2, 0.25) is 0 Å². The molecule has 1 N–H and O–H groups in total. The maximum atomic E-state index is 12.8. The number of hydrogen-bond acceptors (Lipinski definition) is 6. The summed E-state index contributed by atoms with van der Waals surface area (Å²) >= 11 is 0. The lowest BCUT2D eigenvalue weighted by atomic mass is 9.95. The van der Waals surface area contributed by atoms with E-state index in [9.17, 15) is 14.7 Å². The number of Topliss-reactive ketones (excluding diaryl/α,β-unsaturated/α-hetero) is 1. The number of pyridine rings is 1. The smallest absolute Gasteiger partial charge is 0.295 e. The van der Waals surface area contributed by atoms with Crippen LogP contribution in [-0.2, 0) is 14.3 Å². The summed E-state index contributed by atoms with van der Waals surface area (Å²) in [5.74, 6) is -0.907. The van der Waals surface area contributed by atoms with Gasteiger partial charge in [0.05, 0.1) is 24.8 Å². The first-order valence-electron chi connectivity index (χ1n) is 9.40. The molecule has 1 unspecified atom stereocenters. The molecular formula is C22H24N2O5. The average Bonchev–Trinajstić information content (AvgIpc) is 2.98. The van der Waals surface area contributed by atoms with E-state index in [2.05, 4.69) is 4.98 Å². The van der Waals surface area contributed by atoms with Crippen molar-refractivity contribution in [3.05, 3.63) is 65.0 Å². The minimum atomic E-state index is -0.731. The normalized spacial score (nSPS) is 18.3. The number of aromatic nitrogens is 1. The van der Waals surface area contributed by atoms with E-state index in [1.54, 1.807) is 42.7 Å². The zero-order valence-corrected chi connectivity index (χ0v) is 16.7. The fourth-order valence-electron chi connectivity index (χ4n) is 3.45. The SMILES string of the molecule is CCOc1ccc(/C(O)=C2/C(=O)C(=O)N(CCOC)C2c2cccnc2)cc1C. The molecule has 0 bridgehead atoms. The molecule has 2 heterocycles. The second-order valence-electron chi connectivity index (χ2n) is 6.68. The van der Waals surface area contributed by atoms with E-state index in [1.165, 1.54) is 12.0 Å². The summed E-state index contributed by atoms with van der Waals surface area (Å²) < 4.78 is 10.6. The van der Waals surface area contributed by atoms with Crippen LogP contribution in [0.1, 0.15) is 29.7 Å². The van der Waals surface area contributed by atoms with E-state index in [0.717, 1.165) is 5.56 Å². The van der Waals surface area contributed by atoms with Gasteiger partial charge in [0.15, 0.2) is 0 Å². The van der Waals surface area contributed by atoms with E-state index in [0.29, 0.717) is 23.5 Å². The minimum absolute atomic E-state index is 0.0441. The summed E-state index contributed by atoms with van der Waals surface area (Å²) in [6, 6.07) is 7.94. The molecule has 1 aromatic carbocycles. The number of aryl methyl sites for hydroxylation is 1. The molecule has 3 rings (SSSR count). The van der Waals surface area contributed by atoms with E-state index in [-0.39, 0.29) is 24.5 Å². The molecule has 152 valence electrons. The Labute approximate surface area is 169 Å². The van der Waals surface area contributed by atoms with Gasteiger partial charge in [-0.05, 0) is 49.2 Å². The second-order valence-corrected chi connectivity index (χ2v) is 6.68. The summed E-state index contributed by atoms with van der Waals surface area (Å²) in [6.45, 7) is 4.77. The standard InChI is InChI=1S/C22H24N2O5/c1-4-29-17-8-7-15(12-14(17)2)20(25)18-19(16-6-5-9-23-13-16)24(10-11-28-3)22(27)21(18)26/h5-9,12-13,19,25H,4,10-11H2,1-3H3/b20-18-. The predicted octanol–water partition coefficient (Wildman–Crippen LogP) is 2.86. The number of aliphatic hydroxyl groups is 1. The molecule has 1 fully saturated rings. The quantitative estimate of drug-likeness (QED) is 0.440. The number of carbonyl (C=O) groups excluding carboxylic acids is 2. The van der Waals surface area contributed by atoms with Crippen LogP contribution in [0.4, 0.5) is 0 Å². The molecule has 29 heavy (non-hydrogen) atoms. The number of methoxy groups -OCH3 is 1. The van der Waals surface area contributed by atoms with Crippen LogP contribution in [0.5, 0.6) is 5.75 Å². The van der Waals surface area contributed by atoms with Gasteiger partial charge >= 0.3 is 0 Å². The Hall–Kier alpha value is -3.19. The fraction of sp³-hybridized carbons (Fsp3) is 0.318. The van der Waals surface area contributed by atoms with Crippen molar-refractivity contribution >= 4 is 17.4 Å². The van der Waals surface area contributed by atoms with Gasteiger partial charge in [0.25, 0.3) is 11.7 Å². The molecule has 1 amide bonds. The number of amides is 1. The number of ether oxygens (including phenoxy) is 2. The van der Waals surface area contributed by atoms with Gasteiger partial charge in [-0.3, -0.25) is 14.6 Å². The van der Waals surface area contributed by atoms with E-state index >= 15 is 0 Å². The lowest BCUT2D eigenvalue weighted by molar-refractivity contribution is -0.140. The highest BCUT2D eigenvalue weighted by atomic mass is 16.5. The lowest BCUT2D eigenvalue weighted by Crippen LogP contribution is -2.32. The molecule has 7 nitrogen and oxygen atoms in total. The van der Waals surface area contributed by atoms with Crippen molar-refractivity contribution in [3.8, 4) is 5.75 Å². The maximum absolute atomic E-state index is 12.8. The topological polar surface area (TPSA) is 89.0 Å². The van der Waals surface area contributed by atoms with E-state index in [4.69, 9.17) is 9.47 Å². The molecular weight excluding hydrogens is 372 g/mol. The molecule has 1 atom stereocenters. The molecule has 0 radical (unpaired) electrons. The lowest BCUT2D eigenvalue weighted by Gasteiger charge is -2.24. The highest BCUT2D eigenvalue weighted by molar-refractivity contribution is 6.46. The summed E-state index contributed by atoms with van der Waals surface area (Å²) in [5, 5.41) is 11.0. The van der Waals surface area contributed by atoms with Crippen molar-refractivity contribution in [3.63, 3.8) is 0 Å².